The molecule has 4 heterocycles. The van der Waals surface area contributed by atoms with Crippen LogP contribution in [0.3, 0.4) is 0 Å². The van der Waals surface area contributed by atoms with Crippen LogP contribution >= 0.6 is 0 Å². The van der Waals surface area contributed by atoms with Crippen molar-refractivity contribution in [3.05, 3.63) is 36.7 Å². The number of hydrogen-bond acceptors (Lipinski definition) is 8. The molecule has 2 unspecified atom stereocenters. The molecule has 0 bridgehead atoms. The van der Waals surface area contributed by atoms with Gasteiger partial charge in [0, 0.05) is 50.4 Å². The molecular formula is C39H58N4O6. The predicted molar refractivity (Wildman–Crippen MR) is 186 cm³/mol. The van der Waals surface area contributed by atoms with Gasteiger partial charge in [0.2, 0.25) is 23.4 Å². The van der Waals surface area contributed by atoms with E-state index in [0.717, 1.165) is 70.9 Å². The third-order valence-corrected chi connectivity index (χ3v) is 12.1. The van der Waals surface area contributed by atoms with Crippen molar-refractivity contribution in [1.29, 1.82) is 0 Å². The first kappa shape index (κ1) is 37.0. The molecule has 0 spiro atoms. The standard InChI is InChI=1S/C39H58N4O6/c1-3-39(35(46)37-41-22-28-49-37,32-18-25-42(26-19-32)34(45)15-14-30-10-5-4-6-11-30)20-8-9-29(2)38(47)43-23-16-31(17-24-43)12-7-13-33(44)36-40-21-27-48-36/h21-22,27-32H,3-20,23-26H2,1-2H3. The number of hydrogen-bond donors (Lipinski definition) is 0. The highest BCUT2D eigenvalue weighted by molar-refractivity contribution is 5.97. The van der Waals surface area contributed by atoms with E-state index in [-0.39, 0.29) is 47.0 Å². The molecule has 2 aliphatic heterocycles. The summed E-state index contributed by atoms with van der Waals surface area (Å²) in [5, 5.41) is 0. The van der Waals surface area contributed by atoms with Crippen LogP contribution in [0.1, 0.15) is 151 Å². The van der Waals surface area contributed by atoms with Crippen molar-refractivity contribution in [2.24, 2.45) is 29.1 Å². The minimum atomic E-state index is -0.627. The molecule has 2 aromatic rings. The zero-order chi connectivity index (χ0) is 34.6. The summed E-state index contributed by atoms with van der Waals surface area (Å²) in [4.78, 5) is 65.1. The van der Waals surface area contributed by atoms with Crippen molar-refractivity contribution in [2.45, 2.75) is 129 Å². The zero-order valence-corrected chi connectivity index (χ0v) is 29.9. The van der Waals surface area contributed by atoms with Crippen LogP contribution in [-0.4, -0.2) is 69.3 Å². The average molecular weight is 679 g/mol. The first-order valence-electron chi connectivity index (χ1n) is 19.2. The Morgan fingerprint density at radius 1 is 0.796 bits per heavy atom. The number of oxazole rings is 2. The van der Waals surface area contributed by atoms with Crippen LogP contribution in [-0.2, 0) is 9.59 Å². The van der Waals surface area contributed by atoms with E-state index in [9.17, 15) is 19.2 Å². The van der Waals surface area contributed by atoms with Crippen molar-refractivity contribution < 1.29 is 28.0 Å². The lowest BCUT2D eigenvalue weighted by atomic mass is 9.63. The molecule has 2 amide bonds. The summed E-state index contributed by atoms with van der Waals surface area (Å²) in [6.07, 6.45) is 22.5. The van der Waals surface area contributed by atoms with Gasteiger partial charge in [-0.3, -0.25) is 19.2 Å². The number of carbonyl (C=O) groups is 4. The minimum absolute atomic E-state index is 0.0368. The Morgan fingerprint density at radius 2 is 1.43 bits per heavy atom. The molecule has 2 aromatic heterocycles. The molecule has 0 radical (unpaired) electrons. The zero-order valence-electron chi connectivity index (χ0n) is 29.9. The molecule has 1 saturated carbocycles. The van der Waals surface area contributed by atoms with Gasteiger partial charge in [-0.2, -0.15) is 0 Å². The molecular weight excluding hydrogens is 620 g/mol. The second kappa shape index (κ2) is 18.1. The molecule has 0 aromatic carbocycles. The maximum Gasteiger partial charge on any atom is 0.263 e. The Labute approximate surface area is 292 Å². The van der Waals surface area contributed by atoms with E-state index in [0.29, 0.717) is 50.6 Å². The maximum absolute atomic E-state index is 14.1. The predicted octanol–water partition coefficient (Wildman–Crippen LogP) is 7.94. The molecule has 10 heteroatoms. The number of nitrogens with zero attached hydrogens (tertiary/aromatic N) is 4. The van der Waals surface area contributed by atoms with E-state index in [1.54, 1.807) is 0 Å². The summed E-state index contributed by atoms with van der Waals surface area (Å²) in [6.45, 7) is 6.99. The Morgan fingerprint density at radius 3 is 2.06 bits per heavy atom. The van der Waals surface area contributed by atoms with Crippen LogP contribution in [0.5, 0.6) is 0 Å². The normalized spacial score (nSPS) is 20.2. The Bertz CT molecular complexity index is 1320. The number of amides is 2. The molecule has 3 fully saturated rings. The van der Waals surface area contributed by atoms with Gasteiger partial charge in [-0.05, 0) is 82.0 Å². The number of rotatable bonds is 17. The van der Waals surface area contributed by atoms with Crippen molar-refractivity contribution in [2.75, 3.05) is 26.2 Å². The number of likely N-dealkylation sites (tertiary alicyclic amines) is 2. The highest BCUT2D eigenvalue weighted by Gasteiger charge is 2.47. The fraction of sp³-hybridized carbons (Fsp3) is 0.744. The van der Waals surface area contributed by atoms with E-state index in [1.807, 2.05) is 16.7 Å². The van der Waals surface area contributed by atoms with Crippen LogP contribution < -0.4 is 0 Å². The smallest absolute Gasteiger partial charge is 0.263 e. The van der Waals surface area contributed by atoms with Gasteiger partial charge in [0.25, 0.3) is 11.8 Å². The molecule has 5 rings (SSSR count). The van der Waals surface area contributed by atoms with Gasteiger partial charge in [0.15, 0.2) is 0 Å². The van der Waals surface area contributed by atoms with Gasteiger partial charge < -0.3 is 18.6 Å². The molecule has 0 N–H and O–H groups in total. The van der Waals surface area contributed by atoms with Crippen molar-refractivity contribution in [1.82, 2.24) is 19.8 Å². The van der Waals surface area contributed by atoms with E-state index in [2.05, 4.69) is 16.9 Å². The van der Waals surface area contributed by atoms with Gasteiger partial charge in [-0.15, -0.1) is 0 Å². The summed E-state index contributed by atoms with van der Waals surface area (Å²) in [7, 11) is 0. The van der Waals surface area contributed by atoms with E-state index < -0.39 is 5.41 Å². The molecule has 270 valence electrons. The minimum Gasteiger partial charge on any atom is -0.442 e. The number of ketones is 2. The molecule has 49 heavy (non-hydrogen) atoms. The number of carbonyl (C=O) groups excluding carboxylic acids is 4. The number of Topliss-reactive ketones (excluding diaryl/α,β-unsaturated/α-hetero) is 2. The van der Waals surface area contributed by atoms with Gasteiger partial charge in [0.05, 0.1) is 12.4 Å². The Hall–Kier alpha value is -3.30. The lowest BCUT2D eigenvalue weighted by molar-refractivity contribution is -0.136. The second-order valence-electron chi connectivity index (χ2n) is 15.1. The Balaban J connectivity index is 1.09. The summed E-state index contributed by atoms with van der Waals surface area (Å²) >= 11 is 0. The second-order valence-corrected chi connectivity index (χ2v) is 15.1. The van der Waals surface area contributed by atoms with Crippen LogP contribution in [0.4, 0.5) is 0 Å². The quantitative estimate of drug-likeness (QED) is 0.154. The fourth-order valence-electron chi connectivity index (χ4n) is 8.94. The van der Waals surface area contributed by atoms with Crippen LogP contribution in [0, 0.1) is 29.1 Å². The first-order valence-corrected chi connectivity index (χ1v) is 19.2. The topological polar surface area (TPSA) is 127 Å². The maximum atomic E-state index is 14.1. The van der Waals surface area contributed by atoms with Gasteiger partial charge >= 0.3 is 0 Å². The van der Waals surface area contributed by atoms with Crippen LogP contribution in [0.25, 0.3) is 0 Å². The summed E-state index contributed by atoms with van der Waals surface area (Å²) in [5.41, 5.74) is -0.627. The number of piperidine rings is 2. The summed E-state index contributed by atoms with van der Waals surface area (Å²) in [6, 6.07) is 0. The van der Waals surface area contributed by atoms with Gasteiger partial charge in [0.1, 0.15) is 12.5 Å². The fourth-order valence-corrected chi connectivity index (χ4v) is 8.94. The summed E-state index contributed by atoms with van der Waals surface area (Å²) in [5.74, 6) is 1.94. The van der Waals surface area contributed by atoms with E-state index in [4.69, 9.17) is 8.83 Å². The molecule has 1 aliphatic carbocycles. The Kier molecular flexibility index (Phi) is 13.6. The van der Waals surface area contributed by atoms with Crippen molar-refractivity contribution in [3.8, 4) is 0 Å². The molecule has 2 atom stereocenters. The largest absolute Gasteiger partial charge is 0.442 e. The van der Waals surface area contributed by atoms with Gasteiger partial charge in [-0.1, -0.05) is 52.4 Å². The van der Waals surface area contributed by atoms with Crippen LogP contribution in [0.15, 0.2) is 33.8 Å². The monoisotopic (exact) mass is 678 g/mol. The van der Waals surface area contributed by atoms with Crippen molar-refractivity contribution >= 4 is 23.4 Å². The highest BCUT2D eigenvalue weighted by Crippen LogP contribution is 2.45. The average Bonchev–Trinajstić information content (AvgIpc) is 3.89. The van der Waals surface area contributed by atoms with Crippen LogP contribution in [0.2, 0.25) is 0 Å². The van der Waals surface area contributed by atoms with Crippen molar-refractivity contribution in [3.63, 3.8) is 0 Å². The molecule has 10 nitrogen and oxygen atoms in total. The van der Waals surface area contributed by atoms with Gasteiger partial charge in [-0.25, -0.2) is 9.97 Å². The third kappa shape index (κ3) is 9.69. The SMILES string of the molecule is CCC(CCCC(C)C(=O)N1CCC(CCCC(=O)c2ncco2)CC1)(C(=O)c1ncco1)C1CCN(C(=O)CCC2CCCCC2)CC1. The van der Waals surface area contributed by atoms with E-state index >= 15 is 0 Å². The highest BCUT2D eigenvalue weighted by atomic mass is 16.4. The summed E-state index contributed by atoms with van der Waals surface area (Å²) < 4.78 is 10.6. The lowest BCUT2D eigenvalue weighted by Gasteiger charge is -2.43. The lowest BCUT2D eigenvalue weighted by Crippen LogP contribution is -2.47. The number of aromatic nitrogens is 2. The van der Waals surface area contributed by atoms with E-state index in [1.165, 1.54) is 57.0 Å². The molecule has 3 aliphatic rings. The molecule has 2 saturated heterocycles. The first-order chi connectivity index (χ1) is 23.8. The third-order valence-electron chi connectivity index (χ3n) is 12.1.